The van der Waals surface area contributed by atoms with Crippen LogP contribution in [0.1, 0.15) is 27.7 Å². The van der Waals surface area contributed by atoms with Gasteiger partial charge in [-0.05, 0) is 19.1 Å². The van der Waals surface area contributed by atoms with E-state index in [0.29, 0.717) is 6.61 Å². The number of amides is 1. The highest BCUT2D eigenvalue weighted by Gasteiger charge is 2.22. The minimum atomic E-state index is -0.429. The van der Waals surface area contributed by atoms with E-state index in [9.17, 15) is 4.79 Å². The number of carbonyl (C=O) groups excluding carboxylic acids is 1. The third kappa shape index (κ3) is 4.28. The second-order valence-corrected chi connectivity index (χ2v) is 3.80. The van der Waals surface area contributed by atoms with Crippen molar-refractivity contribution < 1.29 is 9.53 Å². The first-order valence-electron chi connectivity index (χ1n) is 3.86. The molecular formula is C8H15NO2S. The summed E-state index contributed by atoms with van der Waals surface area (Å²) < 4.78 is 4.91. The van der Waals surface area contributed by atoms with Crippen molar-refractivity contribution in [3.8, 4) is 0 Å². The topological polar surface area (TPSA) is 38.3 Å². The van der Waals surface area contributed by atoms with Gasteiger partial charge in [-0.15, -0.1) is 0 Å². The average Bonchev–Trinajstić information content (AvgIpc) is 1.85. The lowest BCUT2D eigenvalue weighted by Gasteiger charge is -2.17. The predicted octanol–water partition coefficient (Wildman–Crippen LogP) is 1.47. The highest BCUT2D eigenvalue weighted by atomic mass is 32.1. The van der Waals surface area contributed by atoms with E-state index in [2.05, 4.69) is 5.32 Å². The molecule has 0 unspecified atom stereocenters. The Morgan fingerprint density at radius 1 is 1.50 bits per heavy atom. The fourth-order valence-electron chi connectivity index (χ4n) is 0.447. The van der Waals surface area contributed by atoms with Crippen LogP contribution in [-0.2, 0) is 9.53 Å². The summed E-state index contributed by atoms with van der Waals surface area (Å²) >= 11 is 4.74. The fourth-order valence-corrected chi connectivity index (χ4v) is 0.658. The van der Waals surface area contributed by atoms with Crippen molar-refractivity contribution in [3.63, 3.8) is 0 Å². The van der Waals surface area contributed by atoms with E-state index < -0.39 is 5.41 Å². The highest BCUT2D eigenvalue weighted by Crippen LogP contribution is 2.12. The quantitative estimate of drug-likeness (QED) is 0.635. The van der Waals surface area contributed by atoms with Gasteiger partial charge in [0.1, 0.15) is 0 Å². The van der Waals surface area contributed by atoms with Crippen molar-refractivity contribution in [1.29, 1.82) is 0 Å². The van der Waals surface area contributed by atoms with Gasteiger partial charge in [0.15, 0.2) is 0 Å². The summed E-state index contributed by atoms with van der Waals surface area (Å²) in [7, 11) is 0. The molecule has 0 atom stereocenters. The van der Waals surface area contributed by atoms with Gasteiger partial charge in [0, 0.05) is 5.41 Å². The summed E-state index contributed by atoms with van der Waals surface area (Å²) in [5, 5.41) is 2.64. The number of hydrogen-bond acceptors (Lipinski definition) is 3. The summed E-state index contributed by atoms with van der Waals surface area (Å²) in [5.74, 6) is -0.124. The molecule has 3 nitrogen and oxygen atoms in total. The fraction of sp³-hybridized carbons (Fsp3) is 0.750. The van der Waals surface area contributed by atoms with Crippen LogP contribution in [0.3, 0.4) is 0 Å². The van der Waals surface area contributed by atoms with Gasteiger partial charge in [0.2, 0.25) is 5.91 Å². The zero-order valence-electron chi connectivity index (χ0n) is 7.93. The molecule has 0 aliphatic rings. The molecular weight excluding hydrogens is 174 g/mol. The van der Waals surface area contributed by atoms with Crippen LogP contribution in [0.2, 0.25) is 0 Å². The Labute approximate surface area is 78.5 Å². The first-order chi connectivity index (χ1) is 5.38. The van der Waals surface area contributed by atoms with Crippen molar-refractivity contribution in [2.75, 3.05) is 6.61 Å². The van der Waals surface area contributed by atoms with Crippen molar-refractivity contribution in [2.45, 2.75) is 27.7 Å². The molecule has 0 aliphatic heterocycles. The van der Waals surface area contributed by atoms with Gasteiger partial charge in [0.25, 0.3) is 5.17 Å². The zero-order chi connectivity index (χ0) is 9.78. The standard InChI is InChI=1S/C8H15NO2S/c1-5-11-7(12)9-6(10)8(2,3)4/h5H2,1-4H3,(H,9,10,12). The van der Waals surface area contributed by atoms with Gasteiger partial charge in [-0.2, -0.15) is 0 Å². The third-order valence-electron chi connectivity index (χ3n) is 1.17. The maximum atomic E-state index is 11.3. The minimum Gasteiger partial charge on any atom is -0.471 e. The van der Waals surface area contributed by atoms with Crippen LogP contribution in [0.4, 0.5) is 0 Å². The summed E-state index contributed by atoms with van der Waals surface area (Å²) in [6, 6.07) is 0. The first kappa shape index (κ1) is 11.4. The lowest BCUT2D eigenvalue weighted by molar-refractivity contribution is -0.127. The third-order valence-corrected chi connectivity index (χ3v) is 1.39. The second-order valence-electron chi connectivity index (χ2n) is 3.42. The van der Waals surface area contributed by atoms with Crippen LogP contribution >= 0.6 is 12.2 Å². The SMILES string of the molecule is CCOC(=S)NC(=O)C(C)(C)C. The Morgan fingerprint density at radius 2 is 2.00 bits per heavy atom. The Kier molecular flexibility index (Phi) is 4.17. The minimum absolute atomic E-state index is 0.124. The van der Waals surface area contributed by atoms with Crippen LogP contribution in [0.25, 0.3) is 0 Å². The van der Waals surface area contributed by atoms with E-state index in [1.165, 1.54) is 0 Å². The van der Waals surface area contributed by atoms with Gasteiger partial charge >= 0.3 is 0 Å². The molecule has 4 heteroatoms. The monoisotopic (exact) mass is 189 g/mol. The van der Waals surface area contributed by atoms with Gasteiger partial charge in [-0.3, -0.25) is 10.1 Å². The molecule has 0 rings (SSSR count). The Bertz CT molecular complexity index is 184. The molecule has 0 fully saturated rings. The Hall–Kier alpha value is -0.640. The number of ether oxygens (including phenoxy) is 1. The van der Waals surface area contributed by atoms with E-state index in [4.69, 9.17) is 17.0 Å². The molecule has 1 amide bonds. The molecule has 0 aromatic carbocycles. The summed E-state index contributed by atoms with van der Waals surface area (Å²) in [6.45, 7) is 7.74. The van der Waals surface area contributed by atoms with E-state index in [0.717, 1.165) is 0 Å². The van der Waals surface area contributed by atoms with Crippen molar-refractivity contribution in [1.82, 2.24) is 5.32 Å². The van der Waals surface area contributed by atoms with Crippen LogP contribution in [0, 0.1) is 5.41 Å². The van der Waals surface area contributed by atoms with Gasteiger partial charge in [-0.1, -0.05) is 20.8 Å². The number of thiocarbonyl (C=S) groups is 1. The normalized spacial score (nSPS) is 10.7. The van der Waals surface area contributed by atoms with E-state index in [-0.39, 0.29) is 11.1 Å². The molecule has 0 heterocycles. The van der Waals surface area contributed by atoms with Crippen LogP contribution in [0.15, 0.2) is 0 Å². The Morgan fingerprint density at radius 3 is 2.33 bits per heavy atom. The van der Waals surface area contributed by atoms with Gasteiger partial charge < -0.3 is 4.74 Å². The molecule has 70 valence electrons. The summed E-state index contributed by atoms with van der Waals surface area (Å²) in [4.78, 5) is 11.3. The number of rotatable bonds is 1. The van der Waals surface area contributed by atoms with E-state index in [1.807, 2.05) is 27.7 Å². The lowest BCUT2D eigenvalue weighted by Crippen LogP contribution is -2.39. The Balaban J connectivity index is 3.94. The molecule has 0 saturated heterocycles. The molecule has 1 N–H and O–H groups in total. The molecule has 0 spiro atoms. The molecule has 0 aromatic rings. The van der Waals surface area contributed by atoms with E-state index >= 15 is 0 Å². The zero-order valence-corrected chi connectivity index (χ0v) is 8.75. The molecule has 0 saturated carbocycles. The van der Waals surface area contributed by atoms with Crippen molar-refractivity contribution in [3.05, 3.63) is 0 Å². The van der Waals surface area contributed by atoms with Crippen molar-refractivity contribution >= 4 is 23.3 Å². The molecule has 0 bridgehead atoms. The van der Waals surface area contributed by atoms with Crippen LogP contribution in [0.5, 0.6) is 0 Å². The molecule has 0 aromatic heterocycles. The first-order valence-corrected chi connectivity index (χ1v) is 4.27. The highest BCUT2D eigenvalue weighted by molar-refractivity contribution is 7.80. The maximum Gasteiger partial charge on any atom is 0.263 e. The number of hydrogen-bond donors (Lipinski definition) is 1. The molecule has 0 aliphatic carbocycles. The molecule has 0 radical (unpaired) electrons. The van der Waals surface area contributed by atoms with E-state index in [1.54, 1.807) is 0 Å². The smallest absolute Gasteiger partial charge is 0.263 e. The second kappa shape index (κ2) is 4.40. The maximum absolute atomic E-state index is 11.3. The lowest BCUT2D eigenvalue weighted by atomic mass is 9.96. The number of carbonyl (C=O) groups is 1. The van der Waals surface area contributed by atoms with Crippen LogP contribution < -0.4 is 5.32 Å². The molecule has 12 heavy (non-hydrogen) atoms. The van der Waals surface area contributed by atoms with Gasteiger partial charge in [0.05, 0.1) is 6.61 Å². The predicted molar refractivity (Wildman–Crippen MR) is 51.8 cm³/mol. The van der Waals surface area contributed by atoms with Crippen molar-refractivity contribution in [2.24, 2.45) is 5.41 Å². The number of nitrogens with one attached hydrogen (secondary N) is 1. The average molecular weight is 189 g/mol. The van der Waals surface area contributed by atoms with Crippen LogP contribution in [-0.4, -0.2) is 17.7 Å². The van der Waals surface area contributed by atoms with Gasteiger partial charge in [-0.25, -0.2) is 0 Å². The summed E-state index contributed by atoms with van der Waals surface area (Å²) in [6.07, 6.45) is 0. The summed E-state index contributed by atoms with van der Waals surface area (Å²) in [5.41, 5.74) is -0.429. The largest absolute Gasteiger partial charge is 0.471 e.